The Morgan fingerprint density at radius 3 is 2.53 bits per heavy atom. The van der Waals surface area contributed by atoms with Crippen LogP contribution in [-0.2, 0) is 0 Å². The summed E-state index contributed by atoms with van der Waals surface area (Å²) in [5, 5.41) is 4.35. The fourth-order valence-electron chi connectivity index (χ4n) is 2.24. The van der Waals surface area contributed by atoms with Gasteiger partial charge in [0.05, 0.1) is 0 Å². The average Bonchev–Trinajstić information content (AvgIpc) is 2.24. The van der Waals surface area contributed by atoms with Crippen LogP contribution in [0.25, 0.3) is 0 Å². The number of benzene rings is 1. The predicted octanol–water partition coefficient (Wildman–Crippen LogP) is 5.19. The van der Waals surface area contributed by atoms with E-state index in [0.29, 0.717) is 12.0 Å². The molecule has 0 spiro atoms. The molecule has 0 bridgehead atoms. The molecular formula is C14H21BrClN. The SMILES string of the molecule is CCCC(C)C(NCC)c1cc(Cl)cc(Br)c1. The van der Waals surface area contributed by atoms with Crippen molar-refractivity contribution in [1.82, 2.24) is 5.32 Å². The Morgan fingerprint density at radius 2 is 2.00 bits per heavy atom. The van der Waals surface area contributed by atoms with Crippen LogP contribution < -0.4 is 5.32 Å². The van der Waals surface area contributed by atoms with Crippen molar-refractivity contribution in [3.05, 3.63) is 33.3 Å². The van der Waals surface area contributed by atoms with Gasteiger partial charge in [-0.05, 0) is 42.6 Å². The third kappa shape index (κ3) is 4.61. The van der Waals surface area contributed by atoms with E-state index in [2.05, 4.69) is 54.2 Å². The summed E-state index contributed by atoms with van der Waals surface area (Å²) >= 11 is 9.63. The number of hydrogen-bond donors (Lipinski definition) is 1. The van der Waals surface area contributed by atoms with E-state index >= 15 is 0 Å². The second-order valence-electron chi connectivity index (χ2n) is 4.50. The van der Waals surface area contributed by atoms with Crippen LogP contribution in [-0.4, -0.2) is 6.54 Å². The van der Waals surface area contributed by atoms with Gasteiger partial charge in [-0.25, -0.2) is 0 Å². The van der Waals surface area contributed by atoms with Crippen LogP contribution in [0.2, 0.25) is 5.02 Å². The van der Waals surface area contributed by atoms with E-state index in [4.69, 9.17) is 11.6 Å². The summed E-state index contributed by atoms with van der Waals surface area (Å²) in [6.45, 7) is 7.65. The molecule has 96 valence electrons. The first-order chi connectivity index (χ1) is 8.08. The lowest BCUT2D eigenvalue weighted by Crippen LogP contribution is -2.26. The van der Waals surface area contributed by atoms with Crippen LogP contribution >= 0.6 is 27.5 Å². The van der Waals surface area contributed by atoms with Crippen LogP contribution in [0.15, 0.2) is 22.7 Å². The molecule has 0 saturated carbocycles. The summed E-state index contributed by atoms with van der Waals surface area (Å²) in [7, 11) is 0. The lowest BCUT2D eigenvalue weighted by molar-refractivity contribution is 0.369. The number of hydrogen-bond acceptors (Lipinski definition) is 1. The standard InChI is InChI=1S/C14H21BrClN/c1-4-6-10(3)14(17-5-2)11-7-12(15)9-13(16)8-11/h7-10,14,17H,4-6H2,1-3H3. The molecule has 0 fully saturated rings. The first-order valence-corrected chi connectivity index (χ1v) is 7.45. The largest absolute Gasteiger partial charge is 0.310 e. The van der Waals surface area contributed by atoms with Crippen molar-refractivity contribution >= 4 is 27.5 Å². The van der Waals surface area contributed by atoms with Gasteiger partial charge in [0.2, 0.25) is 0 Å². The molecule has 0 aliphatic carbocycles. The van der Waals surface area contributed by atoms with Gasteiger partial charge in [0.15, 0.2) is 0 Å². The molecule has 2 unspecified atom stereocenters. The van der Waals surface area contributed by atoms with Gasteiger partial charge >= 0.3 is 0 Å². The van der Waals surface area contributed by atoms with Crippen molar-refractivity contribution < 1.29 is 0 Å². The second kappa shape index (κ2) is 7.40. The van der Waals surface area contributed by atoms with Crippen LogP contribution in [0, 0.1) is 5.92 Å². The van der Waals surface area contributed by atoms with Crippen LogP contribution in [0.3, 0.4) is 0 Å². The lowest BCUT2D eigenvalue weighted by Gasteiger charge is -2.25. The molecule has 0 aromatic heterocycles. The summed E-state index contributed by atoms with van der Waals surface area (Å²) < 4.78 is 1.05. The molecule has 17 heavy (non-hydrogen) atoms. The molecule has 0 aliphatic heterocycles. The number of nitrogens with one attached hydrogen (secondary N) is 1. The monoisotopic (exact) mass is 317 g/mol. The van der Waals surface area contributed by atoms with E-state index in [0.717, 1.165) is 16.0 Å². The van der Waals surface area contributed by atoms with Gasteiger partial charge in [-0.15, -0.1) is 0 Å². The van der Waals surface area contributed by atoms with Crippen LogP contribution in [0.5, 0.6) is 0 Å². The quantitative estimate of drug-likeness (QED) is 0.761. The van der Waals surface area contributed by atoms with Gasteiger partial charge in [-0.2, -0.15) is 0 Å². The van der Waals surface area contributed by atoms with Crippen molar-refractivity contribution in [1.29, 1.82) is 0 Å². The zero-order chi connectivity index (χ0) is 12.8. The summed E-state index contributed by atoms with van der Waals surface area (Å²) in [5.74, 6) is 0.616. The zero-order valence-electron chi connectivity index (χ0n) is 10.8. The van der Waals surface area contributed by atoms with Crippen LogP contribution in [0.4, 0.5) is 0 Å². The Hall–Kier alpha value is -0.0500. The van der Waals surface area contributed by atoms with Crippen molar-refractivity contribution in [3.63, 3.8) is 0 Å². The molecule has 2 atom stereocenters. The zero-order valence-corrected chi connectivity index (χ0v) is 13.1. The molecule has 0 radical (unpaired) electrons. The van der Waals surface area contributed by atoms with Gasteiger partial charge in [0, 0.05) is 15.5 Å². The van der Waals surface area contributed by atoms with Gasteiger partial charge in [0.1, 0.15) is 0 Å². The number of rotatable bonds is 6. The fourth-order valence-corrected chi connectivity index (χ4v) is 3.13. The van der Waals surface area contributed by atoms with Crippen LogP contribution in [0.1, 0.15) is 45.2 Å². The minimum absolute atomic E-state index is 0.384. The molecule has 1 aromatic carbocycles. The van der Waals surface area contributed by atoms with Crippen molar-refractivity contribution in [2.24, 2.45) is 5.92 Å². The third-order valence-electron chi connectivity index (χ3n) is 2.98. The highest BCUT2D eigenvalue weighted by Crippen LogP contribution is 2.30. The van der Waals surface area contributed by atoms with E-state index in [9.17, 15) is 0 Å². The van der Waals surface area contributed by atoms with E-state index in [-0.39, 0.29) is 0 Å². The molecule has 0 amide bonds. The highest BCUT2D eigenvalue weighted by Gasteiger charge is 2.18. The highest BCUT2D eigenvalue weighted by atomic mass is 79.9. The summed E-state index contributed by atoms with van der Waals surface area (Å²) in [6, 6.07) is 6.53. The average molecular weight is 319 g/mol. The summed E-state index contributed by atoms with van der Waals surface area (Å²) in [4.78, 5) is 0. The van der Waals surface area contributed by atoms with Crippen molar-refractivity contribution in [2.45, 2.75) is 39.7 Å². The van der Waals surface area contributed by atoms with Crippen molar-refractivity contribution in [3.8, 4) is 0 Å². The highest BCUT2D eigenvalue weighted by molar-refractivity contribution is 9.10. The summed E-state index contributed by atoms with van der Waals surface area (Å²) in [5.41, 5.74) is 1.27. The molecule has 1 nitrogen and oxygen atoms in total. The minimum atomic E-state index is 0.384. The smallest absolute Gasteiger partial charge is 0.0420 e. The second-order valence-corrected chi connectivity index (χ2v) is 5.86. The topological polar surface area (TPSA) is 12.0 Å². The van der Waals surface area contributed by atoms with E-state index in [1.54, 1.807) is 0 Å². The van der Waals surface area contributed by atoms with E-state index in [1.807, 2.05) is 6.07 Å². The third-order valence-corrected chi connectivity index (χ3v) is 3.66. The Morgan fingerprint density at radius 1 is 1.29 bits per heavy atom. The molecule has 0 heterocycles. The Kier molecular flexibility index (Phi) is 6.53. The maximum atomic E-state index is 6.12. The first kappa shape index (κ1) is 15.0. The molecule has 1 N–H and O–H groups in total. The van der Waals surface area contributed by atoms with Gasteiger partial charge in [0.25, 0.3) is 0 Å². The normalized spacial score (nSPS) is 14.6. The van der Waals surface area contributed by atoms with Crippen molar-refractivity contribution in [2.75, 3.05) is 6.54 Å². The Balaban J connectivity index is 2.95. The molecule has 0 saturated heterocycles. The molecule has 0 aliphatic rings. The minimum Gasteiger partial charge on any atom is -0.310 e. The summed E-state index contributed by atoms with van der Waals surface area (Å²) in [6.07, 6.45) is 2.44. The molecular weight excluding hydrogens is 298 g/mol. The van der Waals surface area contributed by atoms with Gasteiger partial charge in [-0.3, -0.25) is 0 Å². The Labute approximate surface area is 118 Å². The number of halogens is 2. The van der Waals surface area contributed by atoms with E-state index < -0.39 is 0 Å². The molecule has 1 aromatic rings. The fraction of sp³-hybridized carbons (Fsp3) is 0.571. The van der Waals surface area contributed by atoms with Gasteiger partial charge < -0.3 is 5.32 Å². The van der Waals surface area contributed by atoms with E-state index in [1.165, 1.54) is 18.4 Å². The maximum absolute atomic E-state index is 6.12. The maximum Gasteiger partial charge on any atom is 0.0420 e. The molecule has 1 rings (SSSR count). The lowest BCUT2D eigenvalue weighted by atomic mass is 9.91. The predicted molar refractivity (Wildman–Crippen MR) is 79.6 cm³/mol. The molecule has 3 heteroatoms. The first-order valence-electron chi connectivity index (χ1n) is 6.27. The Bertz CT molecular complexity index is 334. The van der Waals surface area contributed by atoms with Gasteiger partial charge in [-0.1, -0.05) is 54.7 Å².